The molecule has 1 aliphatic rings. The summed E-state index contributed by atoms with van der Waals surface area (Å²) in [6, 6.07) is 12.6. The Morgan fingerprint density at radius 2 is 1.87 bits per heavy atom. The fourth-order valence-corrected chi connectivity index (χ4v) is 4.71. The minimum absolute atomic E-state index is 0.0950. The van der Waals surface area contributed by atoms with Crippen molar-refractivity contribution in [2.24, 2.45) is 0 Å². The number of hydrogen-bond acceptors (Lipinski definition) is 7. The molecule has 2 heterocycles. The van der Waals surface area contributed by atoms with E-state index in [1.165, 1.54) is 6.08 Å². The maximum atomic E-state index is 12.5. The summed E-state index contributed by atoms with van der Waals surface area (Å²) in [5.41, 5.74) is 8.88. The normalized spacial score (nSPS) is 14.9. The topological polar surface area (TPSA) is 133 Å². The van der Waals surface area contributed by atoms with E-state index in [-0.39, 0.29) is 23.8 Å². The van der Waals surface area contributed by atoms with Crippen molar-refractivity contribution in [2.45, 2.75) is 31.8 Å². The molecule has 0 aliphatic carbocycles. The maximum Gasteiger partial charge on any atom is 0.328 e. The average molecular weight is 569 g/mol. The summed E-state index contributed by atoms with van der Waals surface area (Å²) in [7, 11) is 0. The number of aliphatic carboxylic acids is 1. The monoisotopic (exact) mass is 568 g/mol. The van der Waals surface area contributed by atoms with E-state index in [0.29, 0.717) is 33.7 Å². The van der Waals surface area contributed by atoms with Crippen molar-refractivity contribution in [2.75, 3.05) is 30.3 Å². The summed E-state index contributed by atoms with van der Waals surface area (Å²) >= 11 is 12.5. The molecule has 0 unspecified atom stereocenters. The smallest absolute Gasteiger partial charge is 0.328 e. The number of carbonyl (C=O) groups is 2. The van der Waals surface area contributed by atoms with E-state index in [2.05, 4.69) is 32.4 Å². The van der Waals surface area contributed by atoms with Gasteiger partial charge in [0.25, 0.3) is 0 Å². The first kappa shape index (κ1) is 28.4. The summed E-state index contributed by atoms with van der Waals surface area (Å²) in [5.74, 6) is -0.113. The second-order valence-corrected chi connectivity index (χ2v) is 10.4. The molecule has 1 aliphatic heterocycles. The van der Waals surface area contributed by atoms with Crippen LogP contribution in [0.3, 0.4) is 0 Å². The summed E-state index contributed by atoms with van der Waals surface area (Å²) < 4.78 is 0. The lowest BCUT2D eigenvalue weighted by molar-refractivity contribution is -0.131. The van der Waals surface area contributed by atoms with Crippen LogP contribution in [0.5, 0.6) is 0 Å². The highest BCUT2D eigenvalue weighted by Gasteiger charge is 2.31. The van der Waals surface area contributed by atoms with Crippen LogP contribution >= 0.6 is 23.2 Å². The van der Waals surface area contributed by atoms with Crippen LogP contribution in [0.4, 0.5) is 11.6 Å². The van der Waals surface area contributed by atoms with Crippen molar-refractivity contribution in [3.8, 4) is 11.3 Å². The van der Waals surface area contributed by atoms with E-state index < -0.39 is 5.97 Å². The zero-order valence-electron chi connectivity index (χ0n) is 21.5. The Balaban J connectivity index is 1.25. The van der Waals surface area contributed by atoms with E-state index in [4.69, 9.17) is 34.0 Å². The highest BCUT2D eigenvalue weighted by Crippen LogP contribution is 2.35. The van der Waals surface area contributed by atoms with Crippen molar-refractivity contribution in [3.05, 3.63) is 75.9 Å². The van der Waals surface area contributed by atoms with E-state index >= 15 is 0 Å². The molecule has 0 atom stereocenters. The molecule has 0 saturated carbocycles. The molecule has 11 heteroatoms. The average Bonchev–Trinajstić information content (AvgIpc) is 2.92. The number of carboxylic acids is 1. The number of amides is 1. The van der Waals surface area contributed by atoms with Gasteiger partial charge in [-0.2, -0.15) is 0 Å². The van der Waals surface area contributed by atoms with Gasteiger partial charge in [0.1, 0.15) is 11.5 Å². The molecule has 39 heavy (non-hydrogen) atoms. The van der Waals surface area contributed by atoms with Gasteiger partial charge in [-0.25, -0.2) is 14.8 Å². The van der Waals surface area contributed by atoms with E-state index in [1.807, 2.05) is 24.3 Å². The van der Waals surface area contributed by atoms with Crippen LogP contribution in [0, 0.1) is 0 Å². The first-order valence-electron chi connectivity index (χ1n) is 12.5. The van der Waals surface area contributed by atoms with Gasteiger partial charge in [-0.15, -0.1) is 0 Å². The number of anilines is 2. The van der Waals surface area contributed by atoms with Crippen LogP contribution in [0.1, 0.15) is 30.9 Å². The summed E-state index contributed by atoms with van der Waals surface area (Å²) in [5, 5.41) is 15.9. The molecule has 1 amide bonds. The quantitative estimate of drug-likeness (QED) is 0.279. The third-order valence-electron chi connectivity index (χ3n) is 6.75. The number of piperidine rings is 1. The third kappa shape index (κ3) is 7.47. The van der Waals surface area contributed by atoms with Crippen molar-refractivity contribution >= 4 is 52.8 Å². The van der Waals surface area contributed by atoms with Gasteiger partial charge < -0.3 is 26.4 Å². The Hall–Kier alpha value is -3.66. The molecule has 1 saturated heterocycles. The highest BCUT2D eigenvalue weighted by molar-refractivity contribution is 6.43. The maximum absolute atomic E-state index is 12.5. The van der Waals surface area contributed by atoms with Gasteiger partial charge in [-0.1, -0.05) is 59.6 Å². The van der Waals surface area contributed by atoms with Gasteiger partial charge in [0, 0.05) is 36.8 Å². The molecular weight excluding hydrogens is 539 g/mol. The molecule has 3 aromatic rings. The first-order chi connectivity index (χ1) is 18.6. The highest BCUT2D eigenvalue weighted by atomic mass is 35.5. The van der Waals surface area contributed by atoms with Crippen LogP contribution in [-0.4, -0.2) is 52.1 Å². The van der Waals surface area contributed by atoms with Crippen molar-refractivity contribution in [1.82, 2.24) is 20.6 Å². The Bertz CT molecular complexity index is 1370. The predicted molar refractivity (Wildman–Crippen MR) is 155 cm³/mol. The van der Waals surface area contributed by atoms with Crippen LogP contribution in [0.2, 0.25) is 10.0 Å². The van der Waals surface area contributed by atoms with E-state index in [9.17, 15) is 9.59 Å². The van der Waals surface area contributed by atoms with Crippen LogP contribution < -0.4 is 21.3 Å². The number of benzene rings is 2. The molecule has 2 aromatic carbocycles. The van der Waals surface area contributed by atoms with Gasteiger partial charge in [0.2, 0.25) is 5.91 Å². The molecule has 5 N–H and O–H groups in total. The fourth-order valence-electron chi connectivity index (χ4n) is 4.32. The Kier molecular flexibility index (Phi) is 9.06. The molecule has 9 nitrogen and oxygen atoms in total. The number of carbonyl (C=O) groups excluding carboxylic acids is 1. The lowest BCUT2D eigenvalue weighted by Crippen LogP contribution is -2.53. The third-order valence-corrected chi connectivity index (χ3v) is 7.57. The van der Waals surface area contributed by atoms with Gasteiger partial charge in [-0.3, -0.25) is 4.79 Å². The fraction of sp³-hybridized carbons (Fsp3) is 0.286. The Morgan fingerprint density at radius 3 is 2.54 bits per heavy atom. The number of hydrogen-bond donors (Lipinski definition) is 4. The molecule has 1 fully saturated rings. The second kappa shape index (κ2) is 12.5. The Labute approximate surface area is 237 Å². The van der Waals surface area contributed by atoms with Crippen molar-refractivity contribution in [3.63, 3.8) is 0 Å². The predicted octanol–water partition coefficient (Wildman–Crippen LogP) is 4.40. The molecular formula is C28H30Cl2N6O3. The minimum atomic E-state index is -0.995. The first-order valence-corrected chi connectivity index (χ1v) is 13.2. The minimum Gasteiger partial charge on any atom is -0.478 e. The number of nitrogens with two attached hydrogens (primary N) is 1. The zero-order chi connectivity index (χ0) is 28.0. The number of nitrogens with zero attached hydrogens (tertiary/aromatic N) is 3. The number of nitrogens with one attached hydrogen (secondary N) is 2. The molecule has 4 rings (SSSR count). The lowest BCUT2D eigenvalue weighted by atomic mass is 9.89. The number of carboxylic acid groups (broad SMARTS) is 1. The second-order valence-electron chi connectivity index (χ2n) is 9.65. The molecule has 0 radical (unpaired) electrons. The van der Waals surface area contributed by atoms with Crippen LogP contribution in [0.15, 0.2) is 54.7 Å². The number of rotatable bonds is 9. The van der Waals surface area contributed by atoms with Gasteiger partial charge >= 0.3 is 5.97 Å². The Morgan fingerprint density at radius 1 is 1.15 bits per heavy atom. The van der Waals surface area contributed by atoms with Gasteiger partial charge in [0.15, 0.2) is 5.82 Å². The standard InChI is InChI=1S/C28H30Cl2N6O3/c1-28(34-17-23(37)32-15-19-7-5-18(6-8-19)9-10-24(38)39)11-13-36(14-12-28)22-16-33-26(27(31)35-22)20-3-2-4-21(29)25(20)30/h2-10,16,34H,11-15,17H2,1H3,(H2,31,35)(H,32,37)(H,38,39)/b10-9+. The lowest BCUT2D eigenvalue weighted by Gasteiger charge is -2.40. The number of nitrogen functional groups attached to an aromatic ring is 1. The van der Waals surface area contributed by atoms with Crippen LogP contribution in [0.25, 0.3) is 17.3 Å². The number of aromatic nitrogens is 2. The van der Waals surface area contributed by atoms with Crippen LogP contribution in [-0.2, 0) is 16.1 Å². The summed E-state index contributed by atoms with van der Waals surface area (Å²) in [6.07, 6.45) is 5.94. The molecule has 0 spiro atoms. The number of halogens is 2. The SMILES string of the molecule is CC1(NCC(=O)NCc2ccc(/C=C/C(=O)O)cc2)CCN(c2cnc(-c3cccc(Cl)c3Cl)c(N)n2)CC1. The molecule has 204 valence electrons. The van der Waals surface area contributed by atoms with Gasteiger partial charge in [-0.05, 0) is 43.0 Å². The van der Waals surface area contributed by atoms with E-state index in [1.54, 1.807) is 24.4 Å². The van der Waals surface area contributed by atoms with Crippen molar-refractivity contribution in [1.29, 1.82) is 0 Å². The summed E-state index contributed by atoms with van der Waals surface area (Å²) in [6.45, 7) is 4.19. The zero-order valence-corrected chi connectivity index (χ0v) is 23.0. The van der Waals surface area contributed by atoms with Crippen molar-refractivity contribution < 1.29 is 14.7 Å². The van der Waals surface area contributed by atoms with Gasteiger partial charge in [0.05, 0.1) is 22.8 Å². The summed E-state index contributed by atoms with van der Waals surface area (Å²) in [4.78, 5) is 34.3. The molecule has 0 bridgehead atoms. The molecule has 1 aromatic heterocycles. The largest absolute Gasteiger partial charge is 0.478 e. The van der Waals surface area contributed by atoms with E-state index in [0.717, 1.165) is 43.1 Å².